The second kappa shape index (κ2) is 6.39. The van der Waals surface area contributed by atoms with Crippen molar-refractivity contribution in [3.63, 3.8) is 0 Å². The normalized spacial score (nSPS) is 10.2. The standard InChI is InChI=1S/C15H13ClFNO2/c1-20-11-7-5-10(6-8-11)9-18-15(19)14-12(16)3-2-4-13(14)17/h2-8H,9H2,1H3,(H,18,19). The summed E-state index contributed by atoms with van der Waals surface area (Å²) >= 11 is 5.83. The first-order chi connectivity index (χ1) is 9.61. The Morgan fingerprint density at radius 2 is 1.95 bits per heavy atom. The fourth-order valence-electron chi connectivity index (χ4n) is 1.73. The molecule has 0 saturated carbocycles. The molecule has 0 radical (unpaired) electrons. The predicted molar refractivity (Wildman–Crippen MR) is 75.6 cm³/mol. The van der Waals surface area contributed by atoms with Gasteiger partial charge in [0, 0.05) is 6.54 Å². The van der Waals surface area contributed by atoms with Gasteiger partial charge in [-0.3, -0.25) is 4.79 Å². The first kappa shape index (κ1) is 14.3. The summed E-state index contributed by atoms with van der Waals surface area (Å²) in [6.07, 6.45) is 0. The highest BCUT2D eigenvalue weighted by Gasteiger charge is 2.15. The fraction of sp³-hybridized carbons (Fsp3) is 0.133. The van der Waals surface area contributed by atoms with E-state index in [1.54, 1.807) is 19.2 Å². The maximum atomic E-state index is 13.6. The highest BCUT2D eigenvalue weighted by atomic mass is 35.5. The third-order valence-corrected chi connectivity index (χ3v) is 3.12. The molecule has 1 amide bonds. The van der Waals surface area contributed by atoms with E-state index in [0.717, 1.165) is 11.3 Å². The first-order valence-electron chi connectivity index (χ1n) is 5.97. The lowest BCUT2D eigenvalue weighted by Gasteiger charge is -2.08. The number of amides is 1. The SMILES string of the molecule is COc1ccc(CNC(=O)c2c(F)cccc2Cl)cc1. The van der Waals surface area contributed by atoms with Crippen molar-refractivity contribution in [3.8, 4) is 5.75 Å². The van der Waals surface area contributed by atoms with Crippen molar-refractivity contribution in [2.24, 2.45) is 0 Å². The second-order valence-electron chi connectivity index (χ2n) is 4.13. The third-order valence-electron chi connectivity index (χ3n) is 2.80. The molecule has 0 fully saturated rings. The van der Waals surface area contributed by atoms with Gasteiger partial charge in [0.15, 0.2) is 0 Å². The molecule has 0 aromatic heterocycles. The van der Waals surface area contributed by atoms with Gasteiger partial charge in [-0.1, -0.05) is 29.8 Å². The number of rotatable bonds is 4. The summed E-state index contributed by atoms with van der Waals surface area (Å²) in [6.45, 7) is 0.285. The zero-order valence-electron chi connectivity index (χ0n) is 10.8. The summed E-state index contributed by atoms with van der Waals surface area (Å²) in [5, 5.41) is 2.72. The highest BCUT2D eigenvalue weighted by Crippen LogP contribution is 2.19. The van der Waals surface area contributed by atoms with E-state index < -0.39 is 11.7 Å². The van der Waals surface area contributed by atoms with E-state index in [2.05, 4.69) is 5.32 Å². The summed E-state index contributed by atoms with van der Waals surface area (Å²) in [5.74, 6) is -0.439. The molecule has 5 heteroatoms. The average Bonchev–Trinajstić information content (AvgIpc) is 2.45. The number of nitrogens with one attached hydrogen (secondary N) is 1. The van der Waals surface area contributed by atoms with Crippen LogP contribution < -0.4 is 10.1 Å². The Bertz CT molecular complexity index is 594. The van der Waals surface area contributed by atoms with Crippen molar-refractivity contribution in [2.75, 3.05) is 7.11 Å². The Morgan fingerprint density at radius 3 is 2.55 bits per heavy atom. The van der Waals surface area contributed by atoms with Crippen LogP contribution >= 0.6 is 11.6 Å². The van der Waals surface area contributed by atoms with Gasteiger partial charge < -0.3 is 10.1 Å². The molecule has 0 atom stereocenters. The van der Waals surface area contributed by atoms with Gasteiger partial charge in [0.1, 0.15) is 11.6 Å². The van der Waals surface area contributed by atoms with Gasteiger partial charge in [0.05, 0.1) is 17.7 Å². The lowest BCUT2D eigenvalue weighted by molar-refractivity contribution is 0.0947. The quantitative estimate of drug-likeness (QED) is 0.938. The first-order valence-corrected chi connectivity index (χ1v) is 6.34. The van der Waals surface area contributed by atoms with E-state index in [9.17, 15) is 9.18 Å². The van der Waals surface area contributed by atoms with Crippen molar-refractivity contribution in [3.05, 3.63) is 64.4 Å². The zero-order chi connectivity index (χ0) is 14.5. The second-order valence-corrected chi connectivity index (χ2v) is 4.53. The van der Waals surface area contributed by atoms with Crippen molar-refractivity contribution in [1.29, 1.82) is 0 Å². The number of halogens is 2. The molecule has 104 valence electrons. The van der Waals surface area contributed by atoms with Gasteiger partial charge in [-0.05, 0) is 29.8 Å². The monoisotopic (exact) mass is 293 g/mol. The molecular weight excluding hydrogens is 281 g/mol. The number of methoxy groups -OCH3 is 1. The number of ether oxygens (including phenoxy) is 1. The molecule has 2 rings (SSSR count). The Kier molecular flexibility index (Phi) is 4.58. The van der Waals surface area contributed by atoms with E-state index in [0.29, 0.717) is 0 Å². The molecule has 0 aliphatic rings. The Hall–Kier alpha value is -2.07. The summed E-state index contributed by atoms with van der Waals surface area (Å²) in [6, 6.07) is 11.4. The summed E-state index contributed by atoms with van der Waals surface area (Å²) in [5.41, 5.74) is 0.745. The molecule has 2 aromatic rings. The molecule has 0 bridgehead atoms. The van der Waals surface area contributed by atoms with Crippen molar-refractivity contribution < 1.29 is 13.9 Å². The number of benzene rings is 2. The van der Waals surface area contributed by atoms with Crippen LogP contribution in [-0.2, 0) is 6.54 Å². The van der Waals surface area contributed by atoms with E-state index in [1.807, 2.05) is 12.1 Å². The van der Waals surface area contributed by atoms with Crippen LogP contribution in [0, 0.1) is 5.82 Å². The number of hydrogen-bond donors (Lipinski definition) is 1. The van der Waals surface area contributed by atoms with Gasteiger partial charge in [-0.25, -0.2) is 4.39 Å². The molecular formula is C15H13ClFNO2. The summed E-state index contributed by atoms with van der Waals surface area (Å²) < 4.78 is 18.6. The fourth-order valence-corrected chi connectivity index (χ4v) is 1.98. The molecule has 20 heavy (non-hydrogen) atoms. The zero-order valence-corrected chi connectivity index (χ0v) is 11.6. The smallest absolute Gasteiger partial charge is 0.256 e. The van der Waals surface area contributed by atoms with Crippen LogP contribution in [0.5, 0.6) is 5.75 Å². The minimum absolute atomic E-state index is 0.0947. The maximum absolute atomic E-state index is 13.6. The summed E-state index contributed by atoms with van der Waals surface area (Å²) in [7, 11) is 1.58. The van der Waals surface area contributed by atoms with E-state index in [1.165, 1.54) is 18.2 Å². The van der Waals surface area contributed by atoms with Gasteiger partial charge in [-0.15, -0.1) is 0 Å². The highest BCUT2D eigenvalue weighted by molar-refractivity contribution is 6.33. The lowest BCUT2D eigenvalue weighted by atomic mass is 10.1. The maximum Gasteiger partial charge on any atom is 0.256 e. The molecule has 0 aliphatic heterocycles. The molecule has 0 spiro atoms. The Morgan fingerprint density at radius 1 is 1.25 bits per heavy atom. The molecule has 1 N–H and O–H groups in total. The molecule has 0 aliphatic carbocycles. The summed E-state index contributed by atoms with van der Waals surface area (Å²) in [4.78, 5) is 11.9. The third kappa shape index (κ3) is 3.27. The van der Waals surface area contributed by atoms with Gasteiger partial charge in [-0.2, -0.15) is 0 Å². The largest absolute Gasteiger partial charge is 0.497 e. The Balaban J connectivity index is 2.05. The van der Waals surface area contributed by atoms with Gasteiger partial charge in [0.2, 0.25) is 0 Å². The lowest BCUT2D eigenvalue weighted by Crippen LogP contribution is -2.24. The van der Waals surface area contributed by atoms with Crippen LogP contribution in [0.2, 0.25) is 5.02 Å². The van der Waals surface area contributed by atoms with Gasteiger partial charge >= 0.3 is 0 Å². The van der Waals surface area contributed by atoms with Crippen molar-refractivity contribution in [1.82, 2.24) is 5.32 Å². The van der Waals surface area contributed by atoms with Crippen LogP contribution in [0.1, 0.15) is 15.9 Å². The topological polar surface area (TPSA) is 38.3 Å². The molecule has 0 unspecified atom stereocenters. The van der Waals surface area contributed by atoms with Crippen LogP contribution in [-0.4, -0.2) is 13.0 Å². The van der Waals surface area contributed by atoms with Crippen LogP contribution in [0.15, 0.2) is 42.5 Å². The van der Waals surface area contributed by atoms with Crippen LogP contribution in [0.4, 0.5) is 4.39 Å². The Labute approximate surface area is 121 Å². The number of carbonyl (C=O) groups is 1. The minimum Gasteiger partial charge on any atom is -0.497 e. The molecule has 0 saturated heterocycles. The van der Waals surface area contributed by atoms with E-state index in [-0.39, 0.29) is 17.1 Å². The minimum atomic E-state index is -0.635. The average molecular weight is 294 g/mol. The van der Waals surface area contributed by atoms with Gasteiger partial charge in [0.25, 0.3) is 5.91 Å². The number of carbonyl (C=O) groups excluding carboxylic acids is 1. The molecule has 3 nitrogen and oxygen atoms in total. The van der Waals surface area contributed by atoms with E-state index in [4.69, 9.17) is 16.3 Å². The van der Waals surface area contributed by atoms with Crippen molar-refractivity contribution in [2.45, 2.75) is 6.54 Å². The number of hydrogen-bond acceptors (Lipinski definition) is 2. The van der Waals surface area contributed by atoms with E-state index >= 15 is 0 Å². The van der Waals surface area contributed by atoms with Crippen LogP contribution in [0.3, 0.4) is 0 Å². The molecule has 0 heterocycles. The van der Waals surface area contributed by atoms with Crippen molar-refractivity contribution >= 4 is 17.5 Å². The van der Waals surface area contributed by atoms with Crippen LogP contribution in [0.25, 0.3) is 0 Å². The molecule has 2 aromatic carbocycles. The predicted octanol–water partition coefficient (Wildman–Crippen LogP) is 3.42.